The zero-order valence-corrected chi connectivity index (χ0v) is 10.8. The second-order valence-electron chi connectivity index (χ2n) is 5.06. The molecule has 0 bridgehead atoms. The van der Waals surface area contributed by atoms with Crippen LogP contribution in [0.4, 0.5) is 5.69 Å². The normalized spacial score (nSPS) is 19.9. The average Bonchev–Trinajstić information content (AvgIpc) is 2.44. The molecule has 1 amide bonds. The van der Waals surface area contributed by atoms with Crippen LogP contribution in [0, 0.1) is 0 Å². The molecule has 0 spiro atoms. The number of piperazine rings is 1. The lowest BCUT2D eigenvalue weighted by molar-refractivity contribution is 0.0781. The van der Waals surface area contributed by atoms with E-state index < -0.39 is 0 Å². The van der Waals surface area contributed by atoms with E-state index in [9.17, 15) is 4.79 Å². The summed E-state index contributed by atoms with van der Waals surface area (Å²) in [6.45, 7) is 4.90. The molecule has 0 unspecified atom stereocenters. The number of benzene rings is 1. The first-order valence-corrected chi connectivity index (χ1v) is 6.60. The highest BCUT2D eigenvalue weighted by molar-refractivity contribution is 5.97. The molecule has 0 atom stereocenters. The van der Waals surface area contributed by atoms with E-state index in [1.807, 2.05) is 11.9 Å². The van der Waals surface area contributed by atoms with Crippen LogP contribution >= 0.6 is 0 Å². The molecule has 1 aromatic rings. The molecule has 1 N–H and O–H groups in total. The van der Waals surface area contributed by atoms with Crippen molar-refractivity contribution in [1.29, 1.82) is 0 Å². The number of hydrogen-bond acceptors (Lipinski definition) is 3. The summed E-state index contributed by atoms with van der Waals surface area (Å²) in [7, 11) is 1.88. The minimum atomic E-state index is 0.160. The first-order valence-electron chi connectivity index (χ1n) is 6.60. The smallest absolute Gasteiger partial charge is 0.253 e. The molecular weight excluding hydrogens is 226 g/mol. The Morgan fingerprint density at radius 3 is 2.72 bits per heavy atom. The van der Waals surface area contributed by atoms with Gasteiger partial charge >= 0.3 is 0 Å². The summed E-state index contributed by atoms with van der Waals surface area (Å²) < 4.78 is 0. The van der Waals surface area contributed by atoms with Gasteiger partial charge in [0.15, 0.2) is 0 Å². The number of fused-ring (bicyclic) bond motifs is 1. The van der Waals surface area contributed by atoms with Gasteiger partial charge in [-0.2, -0.15) is 0 Å². The lowest BCUT2D eigenvalue weighted by Crippen LogP contribution is -2.43. The lowest BCUT2D eigenvalue weighted by Gasteiger charge is -2.31. The summed E-state index contributed by atoms with van der Waals surface area (Å²) >= 11 is 0. The van der Waals surface area contributed by atoms with E-state index in [1.165, 1.54) is 11.3 Å². The zero-order chi connectivity index (χ0) is 12.5. The van der Waals surface area contributed by atoms with Crippen LogP contribution in [0.3, 0.4) is 0 Å². The van der Waals surface area contributed by atoms with E-state index in [4.69, 9.17) is 0 Å². The highest BCUT2D eigenvalue weighted by atomic mass is 16.2. The van der Waals surface area contributed by atoms with Crippen LogP contribution in [-0.4, -0.2) is 50.6 Å². The van der Waals surface area contributed by atoms with Crippen molar-refractivity contribution in [2.75, 3.05) is 44.7 Å². The molecule has 3 rings (SSSR count). The maximum Gasteiger partial charge on any atom is 0.253 e. The number of carbonyl (C=O) groups excluding carboxylic acids is 1. The molecule has 96 valence electrons. The van der Waals surface area contributed by atoms with Crippen molar-refractivity contribution in [2.45, 2.75) is 6.42 Å². The predicted molar refractivity (Wildman–Crippen MR) is 72.2 cm³/mol. The highest BCUT2D eigenvalue weighted by Gasteiger charge is 2.22. The van der Waals surface area contributed by atoms with E-state index in [2.05, 4.69) is 28.4 Å². The molecular formula is C14H19N3O. The van der Waals surface area contributed by atoms with Crippen LogP contribution in [0.2, 0.25) is 0 Å². The first kappa shape index (κ1) is 11.5. The average molecular weight is 245 g/mol. The monoisotopic (exact) mass is 245 g/mol. The van der Waals surface area contributed by atoms with Crippen LogP contribution < -0.4 is 10.2 Å². The summed E-state index contributed by atoms with van der Waals surface area (Å²) in [5.74, 6) is 0.160. The maximum atomic E-state index is 12.1. The summed E-state index contributed by atoms with van der Waals surface area (Å²) in [6, 6.07) is 6.35. The SMILES string of the molecule is CN1CCc2ccc(N3CCNCC3)cc2C1=O. The molecule has 1 fully saturated rings. The number of anilines is 1. The van der Waals surface area contributed by atoms with Gasteiger partial charge in [0.25, 0.3) is 5.91 Å². The number of amides is 1. The first-order chi connectivity index (χ1) is 8.75. The Balaban J connectivity index is 1.91. The zero-order valence-electron chi connectivity index (χ0n) is 10.8. The van der Waals surface area contributed by atoms with Gasteiger partial charge in [0.2, 0.25) is 0 Å². The third kappa shape index (κ3) is 1.97. The van der Waals surface area contributed by atoms with Crippen molar-refractivity contribution in [3.05, 3.63) is 29.3 Å². The van der Waals surface area contributed by atoms with Gasteiger partial charge in [0.05, 0.1) is 0 Å². The number of rotatable bonds is 1. The number of nitrogens with zero attached hydrogens (tertiary/aromatic N) is 2. The van der Waals surface area contributed by atoms with Crippen molar-refractivity contribution in [3.8, 4) is 0 Å². The summed E-state index contributed by atoms with van der Waals surface area (Å²) in [6.07, 6.45) is 0.972. The third-order valence-corrected chi connectivity index (χ3v) is 3.87. The highest BCUT2D eigenvalue weighted by Crippen LogP contribution is 2.24. The van der Waals surface area contributed by atoms with Crippen molar-refractivity contribution < 1.29 is 4.79 Å². The summed E-state index contributed by atoms with van der Waals surface area (Å²) in [5.41, 5.74) is 3.26. The molecule has 0 saturated carbocycles. The van der Waals surface area contributed by atoms with Gasteiger partial charge in [0.1, 0.15) is 0 Å². The Morgan fingerprint density at radius 2 is 1.94 bits per heavy atom. The minimum absolute atomic E-state index is 0.160. The standard InChI is InChI=1S/C14H19N3O/c1-16-7-4-11-2-3-12(10-13(11)14(16)18)17-8-5-15-6-9-17/h2-3,10,15H,4-9H2,1H3. The molecule has 4 heteroatoms. The summed E-state index contributed by atoms with van der Waals surface area (Å²) in [4.78, 5) is 16.3. The molecule has 2 aliphatic heterocycles. The van der Waals surface area contributed by atoms with Crippen LogP contribution in [0.15, 0.2) is 18.2 Å². The van der Waals surface area contributed by atoms with Gasteiger partial charge in [0, 0.05) is 51.0 Å². The van der Waals surface area contributed by atoms with Gasteiger partial charge in [-0.25, -0.2) is 0 Å². The Hall–Kier alpha value is -1.55. The summed E-state index contributed by atoms with van der Waals surface area (Å²) in [5, 5.41) is 3.35. The number of hydrogen-bond donors (Lipinski definition) is 1. The molecule has 0 aliphatic carbocycles. The lowest BCUT2D eigenvalue weighted by atomic mass is 9.98. The molecule has 1 aromatic carbocycles. The van der Waals surface area contributed by atoms with E-state index in [-0.39, 0.29) is 5.91 Å². The molecule has 18 heavy (non-hydrogen) atoms. The van der Waals surface area contributed by atoms with Crippen molar-refractivity contribution in [1.82, 2.24) is 10.2 Å². The van der Waals surface area contributed by atoms with E-state index in [0.29, 0.717) is 0 Å². The fourth-order valence-electron chi connectivity index (χ4n) is 2.70. The largest absolute Gasteiger partial charge is 0.369 e. The molecule has 1 saturated heterocycles. The van der Waals surface area contributed by atoms with Crippen LogP contribution in [-0.2, 0) is 6.42 Å². The second-order valence-corrected chi connectivity index (χ2v) is 5.06. The van der Waals surface area contributed by atoms with E-state index >= 15 is 0 Å². The van der Waals surface area contributed by atoms with Crippen LogP contribution in [0.1, 0.15) is 15.9 Å². The Kier molecular flexibility index (Phi) is 2.96. The van der Waals surface area contributed by atoms with E-state index in [1.54, 1.807) is 0 Å². The van der Waals surface area contributed by atoms with Crippen molar-refractivity contribution in [2.24, 2.45) is 0 Å². The second kappa shape index (κ2) is 4.61. The molecule has 4 nitrogen and oxygen atoms in total. The third-order valence-electron chi connectivity index (χ3n) is 3.87. The maximum absolute atomic E-state index is 12.1. The van der Waals surface area contributed by atoms with Gasteiger partial charge < -0.3 is 15.1 Å². The fraction of sp³-hybridized carbons (Fsp3) is 0.500. The van der Waals surface area contributed by atoms with Crippen molar-refractivity contribution >= 4 is 11.6 Å². The van der Waals surface area contributed by atoms with Crippen molar-refractivity contribution in [3.63, 3.8) is 0 Å². The van der Waals surface area contributed by atoms with Gasteiger partial charge in [-0.3, -0.25) is 4.79 Å². The van der Waals surface area contributed by atoms with Crippen LogP contribution in [0.5, 0.6) is 0 Å². The number of nitrogens with one attached hydrogen (secondary N) is 1. The number of carbonyl (C=O) groups is 1. The van der Waals surface area contributed by atoms with Gasteiger partial charge in [-0.1, -0.05) is 6.07 Å². The van der Waals surface area contributed by atoms with Gasteiger partial charge in [-0.15, -0.1) is 0 Å². The fourth-order valence-corrected chi connectivity index (χ4v) is 2.70. The molecule has 2 aliphatic rings. The van der Waals surface area contributed by atoms with Gasteiger partial charge in [-0.05, 0) is 24.1 Å². The topological polar surface area (TPSA) is 35.6 Å². The quantitative estimate of drug-likeness (QED) is 0.792. The molecule has 0 radical (unpaired) electrons. The minimum Gasteiger partial charge on any atom is -0.369 e. The Morgan fingerprint density at radius 1 is 1.17 bits per heavy atom. The van der Waals surface area contributed by atoms with E-state index in [0.717, 1.165) is 44.7 Å². The molecule has 2 heterocycles. The Bertz CT molecular complexity index is 466. The Labute approximate surface area is 108 Å². The number of likely N-dealkylation sites (N-methyl/N-ethyl adjacent to an activating group) is 1. The van der Waals surface area contributed by atoms with Crippen LogP contribution in [0.25, 0.3) is 0 Å². The predicted octanol–water partition coefficient (Wildman–Crippen LogP) is 0.724. The molecule has 0 aromatic heterocycles.